The SMILES string of the molecule is CCOc1ccccc1NC(=O)COc1cccc2c1CCC2=O. The van der Waals surface area contributed by atoms with Gasteiger partial charge in [0, 0.05) is 17.5 Å². The molecule has 0 saturated carbocycles. The molecule has 0 fully saturated rings. The minimum atomic E-state index is -0.274. The van der Waals surface area contributed by atoms with Gasteiger partial charge in [-0.05, 0) is 31.5 Å². The number of ether oxygens (including phenoxy) is 2. The molecule has 0 saturated heterocycles. The van der Waals surface area contributed by atoms with Gasteiger partial charge in [-0.15, -0.1) is 0 Å². The summed E-state index contributed by atoms with van der Waals surface area (Å²) >= 11 is 0. The Morgan fingerprint density at radius 2 is 1.83 bits per heavy atom. The lowest BCUT2D eigenvalue weighted by atomic mass is 10.1. The van der Waals surface area contributed by atoms with Crippen molar-refractivity contribution in [1.29, 1.82) is 0 Å². The third-order valence-electron chi connectivity index (χ3n) is 3.86. The molecule has 0 aromatic heterocycles. The zero-order valence-electron chi connectivity index (χ0n) is 13.5. The van der Waals surface area contributed by atoms with Crippen molar-refractivity contribution in [3.8, 4) is 11.5 Å². The largest absolute Gasteiger partial charge is 0.492 e. The van der Waals surface area contributed by atoms with Crippen LogP contribution in [-0.4, -0.2) is 24.9 Å². The van der Waals surface area contributed by atoms with E-state index in [2.05, 4.69) is 5.32 Å². The van der Waals surface area contributed by atoms with E-state index in [1.165, 1.54) is 0 Å². The highest BCUT2D eigenvalue weighted by Gasteiger charge is 2.22. The van der Waals surface area contributed by atoms with E-state index in [0.29, 0.717) is 42.2 Å². The van der Waals surface area contributed by atoms with Crippen molar-refractivity contribution in [2.24, 2.45) is 0 Å². The van der Waals surface area contributed by atoms with Gasteiger partial charge in [0.05, 0.1) is 12.3 Å². The number of fused-ring (bicyclic) bond motifs is 1. The molecule has 2 aromatic carbocycles. The Labute approximate surface area is 140 Å². The number of hydrogen-bond acceptors (Lipinski definition) is 4. The number of Topliss-reactive ketones (excluding diaryl/α,β-unsaturated/α-hetero) is 1. The topological polar surface area (TPSA) is 64.6 Å². The van der Waals surface area contributed by atoms with Crippen molar-refractivity contribution >= 4 is 17.4 Å². The first-order chi connectivity index (χ1) is 11.7. The fraction of sp³-hybridized carbons (Fsp3) is 0.263. The van der Waals surface area contributed by atoms with E-state index < -0.39 is 0 Å². The molecule has 0 heterocycles. The minimum Gasteiger partial charge on any atom is -0.492 e. The van der Waals surface area contributed by atoms with Gasteiger partial charge in [0.1, 0.15) is 11.5 Å². The Hall–Kier alpha value is -2.82. The third-order valence-corrected chi connectivity index (χ3v) is 3.86. The first-order valence-electron chi connectivity index (χ1n) is 7.98. The summed E-state index contributed by atoms with van der Waals surface area (Å²) in [5.74, 6) is 1.08. The lowest BCUT2D eigenvalue weighted by Crippen LogP contribution is -2.21. The number of hydrogen-bond donors (Lipinski definition) is 1. The van der Waals surface area contributed by atoms with Gasteiger partial charge in [0.2, 0.25) is 0 Å². The molecule has 0 radical (unpaired) electrons. The first-order valence-corrected chi connectivity index (χ1v) is 7.98. The monoisotopic (exact) mass is 325 g/mol. The molecule has 2 aromatic rings. The number of rotatable bonds is 6. The van der Waals surface area contributed by atoms with Crippen molar-refractivity contribution < 1.29 is 19.1 Å². The van der Waals surface area contributed by atoms with Gasteiger partial charge in [0.25, 0.3) is 5.91 Å². The maximum absolute atomic E-state index is 12.1. The molecule has 0 unspecified atom stereocenters. The molecule has 1 aliphatic carbocycles. The van der Waals surface area contributed by atoms with Crippen LogP contribution in [0.2, 0.25) is 0 Å². The van der Waals surface area contributed by atoms with Crippen LogP contribution in [0, 0.1) is 0 Å². The van der Waals surface area contributed by atoms with Crippen LogP contribution in [0.3, 0.4) is 0 Å². The number of ketones is 1. The van der Waals surface area contributed by atoms with Gasteiger partial charge >= 0.3 is 0 Å². The highest BCUT2D eigenvalue weighted by atomic mass is 16.5. The molecule has 0 spiro atoms. The molecule has 1 amide bonds. The number of carbonyl (C=O) groups excluding carboxylic acids is 2. The molecule has 5 nitrogen and oxygen atoms in total. The highest BCUT2D eigenvalue weighted by molar-refractivity contribution is 6.01. The Bertz CT molecular complexity index is 770. The average molecular weight is 325 g/mol. The number of anilines is 1. The smallest absolute Gasteiger partial charge is 0.262 e. The van der Waals surface area contributed by atoms with Gasteiger partial charge in [-0.1, -0.05) is 24.3 Å². The summed E-state index contributed by atoms with van der Waals surface area (Å²) in [6, 6.07) is 12.6. The van der Waals surface area contributed by atoms with E-state index in [1.807, 2.05) is 19.1 Å². The van der Waals surface area contributed by atoms with E-state index in [0.717, 1.165) is 5.56 Å². The van der Waals surface area contributed by atoms with Crippen molar-refractivity contribution in [1.82, 2.24) is 0 Å². The van der Waals surface area contributed by atoms with Crippen LogP contribution >= 0.6 is 0 Å². The Morgan fingerprint density at radius 1 is 1.04 bits per heavy atom. The Morgan fingerprint density at radius 3 is 2.67 bits per heavy atom. The van der Waals surface area contributed by atoms with Gasteiger partial charge in [-0.3, -0.25) is 9.59 Å². The van der Waals surface area contributed by atoms with Crippen molar-refractivity contribution in [3.05, 3.63) is 53.6 Å². The number of para-hydroxylation sites is 2. The number of carbonyl (C=O) groups is 2. The zero-order valence-corrected chi connectivity index (χ0v) is 13.5. The van der Waals surface area contributed by atoms with Gasteiger partial charge in [0.15, 0.2) is 12.4 Å². The second kappa shape index (κ2) is 7.17. The molecule has 3 rings (SSSR count). The molecular formula is C19H19NO4. The van der Waals surface area contributed by atoms with Gasteiger partial charge in [-0.2, -0.15) is 0 Å². The fourth-order valence-electron chi connectivity index (χ4n) is 2.77. The maximum Gasteiger partial charge on any atom is 0.262 e. The normalized spacial score (nSPS) is 12.6. The Kier molecular flexibility index (Phi) is 4.79. The highest BCUT2D eigenvalue weighted by Crippen LogP contribution is 2.30. The predicted octanol–water partition coefficient (Wildman–Crippen LogP) is 3.23. The quantitative estimate of drug-likeness (QED) is 0.885. The van der Waals surface area contributed by atoms with Gasteiger partial charge in [-0.25, -0.2) is 0 Å². The molecule has 5 heteroatoms. The average Bonchev–Trinajstić information content (AvgIpc) is 2.97. The summed E-state index contributed by atoms with van der Waals surface area (Å²) < 4.78 is 11.1. The molecule has 124 valence electrons. The summed E-state index contributed by atoms with van der Waals surface area (Å²) in [6.07, 6.45) is 1.17. The lowest BCUT2D eigenvalue weighted by Gasteiger charge is -2.13. The van der Waals surface area contributed by atoms with Crippen LogP contribution in [-0.2, 0) is 11.2 Å². The molecule has 0 aliphatic heterocycles. The van der Waals surface area contributed by atoms with Gasteiger partial charge < -0.3 is 14.8 Å². The number of amides is 1. The Balaban J connectivity index is 1.64. The predicted molar refractivity (Wildman–Crippen MR) is 90.8 cm³/mol. The molecule has 0 bridgehead atoms. The standard InChI is InChI=1S/C19H19NO4/c1-2-23-18-8-4-3-7-15(18)20-19(22)12-24-17-9-5-6-13-14(17)10-11-16(13)21/h3-9H,2,10-12H2,1H3,(H,20,22). The summed E-state index contributed by atoms with van der Waals surface area (Å²) in [6.45, 7) is 2.29. The van der Waals surface area contributed by atoms with E-state index in [-0.39, 0.29) is 18.3 Å². The molecule has 24 heavy (non-hydrogen) atoms. The van der Waals surface area contributed by atoms with Crippen LogP contribution in [0.25, 0.3) is 0 Å². The maximum atomic E-state index is 12.1. The third kappa shape index (κ3) is 3.40. The summed E-state index contributed by atoms with van der Waals surface area (Å²) in [4.78, 5) is 23.9. The number of benzene rings is 2. The zero-order chi connectivity index (χ0) is 16.9. The van der Waals surface area contributed by atoms with E-state index in [1.54, 1.807) is 30.3 Å². The van der Waals surface area contributed by atoms with Crippen molar-refractivity contribution in [3.63, 3.8) is 0 Å². The first kappa shape index (κ1) is 16.1. The van der Waals surface area contributed by atoms with E-state index >= 15 is 0 Å². The number of nitrogens with one attached hydrogen (secondary N) is 1. The van der Waals surface area contributed by atoms with Crippen molar-refractivity contribution in [2.75, 3.05) is 18.5 Å². The lowest BCUT2D eigenvalue weighted by molar-refractivity contribution is -0.118. The van der Waals surface area contributed by atoms with E-state index in [9.17, 15) is 9.59 Å². The van der Waals surface area contributed by atoms with Crippen LogP contribution in [0.1, 0.15) is 29.3 Å². The van der Waals surface area contributed by atoms with Crippen LogP contribution in [0.5, 0.6) is 11.5 Å². The summed E-state index contributed by atoms with van der Waals surface area (Å²) in [5.41, 5.74) is 2.21. The van der Waals surface area contributed by atoms with Crippen molar-refractivity contribution in [2.45, 2.75) is 19.8 Å². The van der Waals surface area contributed by atoms with Crippen LogP contribution in [0.4, 0.5) is 5.69 Å². The van der Waals surface area contributed by atoms with Crippen LogP contribution < -0.4 is 14.8 Å². The van der Waals surface area contributed by atoms with Crippen LogP contribution in [0.15, 0.2) is 42.5 Å². The van der Waals surface area contributed by atoms with E-state index in [4.69, 9.17) is 9.47 Å². The molecular weight excluding hydrogens is 306 g/mol. The molecule has 1 aliphatic rings. The second-order valence-corrected chi connectivity index (χ2v) is 5.47. The summed E-state index contributed by atoms with van der Waals surface area (Å²) in [5, 5.41) is 2.79. The fourth-order valence-corrected chi connectivity index (χ4v) is 2.77. The molecule has 0 atom stereocenters. The minimum absolute atomic E-state index is 0.120. The molecule has 1 N–H and O–H groups in total. The second-order valence-electron chi connectivity index (χ2n) is 5.47. The summed E-state index contributed by atoms with van der Waals surface area (Å²) in [7, 11) is 0.